The van der Waals surface area contributed by atoms with Crippen molar-refractivity contribution in [1.82, 2.24) is 5.06 Å². The van der Waals surface area contributed by atoms with Gasteiger partial charge in [0.25, 0.3) is 0 Å². The summed E-state index contributed by atoms with van der Waals surface area (Å²) < 4.78 is 9.60. The molecule has 22 heavy (non-hydrogen) atoms. The first-order chi connectivity index (χ1) is 10.5. The lowest BCUT2D eigenvalue weighted by molar-refractivity contribution is -0.180. The molecule has 0 radical (unpaired) electrons. The second kappa shape index (κ2) is 9.01. The number of aliphatic hydroxyl groups excluding tert-OH is 1. The molecule has 1 N–H and O–H groups in total. The highest BCUT2D eigenvalue weighted by molar-refractivity contribution is 5.76. The van der Waals surface area contributed by atoms with E-state index < -0.39 is 24.2 Å². The smallest absolute Gasteiger partial charge is 0.434 e. The van der Waals surface area contributed by atoms with E-state index in [0.29, 0.717) is 0 Å². The van der Waals surface area contributed by atoms with Crippen LogP contribution in [0.4, 0.5) is 4.79 Å². The number of carbonyl (C=O) groups excluding carboxylic acids is 2. The quantitative estimate of drug-likeness (QED) is 0.607. The Labute approximate surface area is 129 Å². The Kier molecular flexibility index (Phi) is 7.34. The lowest BCUT2D eigenvalue weighted by Crippen LogP contribution is -2.49. The number of nitrogens with zero attached hydrogens (tertiary/aromatic N) is 1. The van der Waals surface area contributed by atoms with Gasteiger partial charge in [0.05, 0.1) is 20.3 Å². The number of carbonyl (C=O) groups is 2. The molecular formula is C15H21NO6. The molecule has 1 amide bonds. The van der Waals surface area contributed by atoms with Gasteiger partial charge >= 0.3 is 12.1 Å². The molecule has 0 spiro atoms. The van der Waals surface area contributed by atoms with Crippen LogP contribution >= 0.6 is 0 Å². The minimum absolute atomic E-state index is 0.0598. The molecule has 0 fully saturated rings. The Morgan fingerprint density at radius 1 is 1.23 bits per heavy atom. The van der Waals surface area contributed by atoms with Crippen molar-refractivity contribution in [2.45, 2.75) is 32.1 Å². The van der Waals surface area contributed by atoms with E-state index in [1.54, 1.807) is 6.92 Å². The van der Waals surface area contributed by atoms with E-state index in [2.05, 4.69) is 4.74 Å². The molecule has 0 aliphatic heterocycles. The molecule has 0 aliphatic rings. The van der Waals surface area contributed by atoms with Gasteiger partial charge in [-0.05, 0) is 12.0 Å². The first-order valence-electron chi connectivity index (χ1n) is 6.85. The topological polar surface area (TPSA) is 85.3 Å². The number of aliphatic hydroxyl groups is 1. The van der Waals surface area contributed by atoms with Crippen molar-refractivity contribution in [3.05, 3.63) is 35.9 Å². The summed E-state index contributed by atoms with van der Waals surface area (Å²) in [5, 5.41) is 10.7. The predicted molar refractivity (Wildman–Crippen MR) is 77.6 cm³/mol. The van der Waals surface area contributed by atoms with E-state index >= 15 is 0 Å². The maximum absolute atomic E-state index is 12.1. The van der Waals surface area contributed by atoms with Crippen LogP contribution < -0.4 is 0 Å². The molecule has 0 aliphatic carbocycles. The molecular weight excluding hydrogens is 290 g/mol. The molecule has 1 aromatic carbocycles. The van der Waals surface area contributed by atoms with Crippen LogP contribution in [0.2, 0.25) is 0 Å². The van der Waals surface area contributed by atoms with E-state index in [-0.39, 0.29) is 13.0 Å². The number of esters is 1. The van der Waals surface area contributed by atoms with Gasteiger partial charge in [0.15, 0.2) is 6.10 Å². The third kappa shape index (κ3) is 4.71. The van der Waals surface area contributed by atoms with Crippen LogP contribution in [0.15, 0.2) is 30.3 Å². The summed E-state index contributed by atoms with van der Waals surface area (Å²) in [6, 6.07) is 8.23. The lowest BCUT2D eigenvalue weighted by Gasteiger charge is -2.29. The SMILES string of the molecule is CC[C@@H]([C@@H](O)C(=O)OC)N(OC)C(=O)OCc1ccccc1. The summed E-state index contributed by atoms with van der Waals surface area (Å²) in [5.41, 5.74) is 0.813. The summed E-state index contributed by atoms with van der Waals surface area (Å²) in [4.78, 5) is 28.5. The van der Waals surface area contributed by atoms with Crippen molar-refractivity contribution in [3.63, 3.8) is 0 Å². The Hall–Kier alpha value is -2.12. The average molecular weight is 311 g/mol. The molecule has 0 heterocycles. The summed E-state index contributed by atoms with van der Waals surface area (Å²) in [7, 11) is 2.42. The highest BCUT2D eigenvalue weighted by atomic mass is 16.7. The number of rotatable bonds is 7. The van der Waals surface area contributed by atoms with Crippen molar-refractivity contribution in [2.24, 2.45) is 0 Å². The molecule has 7 nitrogen and oxygen atoms in total. The fourth-order valence-corrected chi connectivity index (χ4v) is 1.92. The number of hydroxylamine groups is 2. The molecule has 0 unspecified atom stereocenters. The molecule has 0 saturated carbocycles. The summed E-state index contributed by atoms with van der Waals surface area (Å²) in [6.45, 7) is 1.76. The molecule has 0 aromatic heterocycles. The first kappa shape index (κ1) is 17.9. The highest BCUT2D eigenvalue weighted by Gasteiger charge is 2.35. The molecule has 122 valence electrons. The number of benzene rings is 1. The number of hydrogen-bond acceptors (Lipinski definition) is 6. The van der Waals surface area contributed by atoms with Gasteiger partial charge in [-0.25, -0.2) is 9.59 Å². The monoisotopic (exact) mass is 311 g/mol. The summed E-state index contributed by atoms with van der Waals surface area (Å²) >= 11 is 0. The standard InChI is InChI=1S/C15H21NO6/c1-4-12(13(17)14(18)20-2)16(21-3)15(19)22-10-11-8-6-5-7-9-11/h5-9,12-13,17H,4,10H2,1-3H3/t12-,13+/m0/s1. The van der Waals surface area contributed by atoms with Crippen molar-refractivity contribution in [1.29, 1.82) is 0 Å². The summed E-state index contributed by atoms with van der Waals surface area (Å²) in [6.07, 6.45) is -2.02. The minimum Gasteiger partial charge on any atom is -0.467 e. The van der Waals surface area contributed by atoms with Gasteiger partial charge in [-0.3, -0.25) is 4.84 Å². The normalized spacial score (nSPS) is 13.1. The van der Waals surface area contributed by atoms with E-state index in [4.69, 9.17) is 9.57 Å². The van der Waals surface area contributed by atoms with Gasteiger partial charge in [-0.15, -0.1) is 0 Å². The molecule has 1 rings (SSSR count). The van der Waals surface area contributed by atoms with Gasteiger partial charge in [0.2, 0.25) is 0 Å². The predicted octanol–water partition coefficient (Wildman–Crippen LogP) is 1.50. The minimum atomic E-state index is -1.51. The van der Waals surface area contributed by atoms with Crippen molar-refractivity contribution in [3.8, 4) is 0 Å². The van der Waals surface area contributed by atoms with Gasteiger partial charge in [-0.1, -0.05) is 37.3 Å². The van der Waals surface area contributed by atoms with Gasteiger partial charge in [0, 0.05) is 0 Å². The van der Waals surface area contributed by atoms with Gasteiger partial charge in [0.1, 0.15) is 6.61 Å². The van der Waals surface area contributed by atoms with Crippen LogP contribution in [-0.2, 0) is 25.7 Å². The van der Waals surface area contributed by atoms with Crippen LogP contribution in [0.5, 0.6) is 0 Å². The third-order valence-electron chi connectivity index (χ3n) is 3.11. The van der Waals surface area contributed by atoms with E-state index in [0.717, 1.165) is 17.7 Å². The Morgan fingerprint density at radius 3 is 2.36 bits per heavy atom. The van der Waals surface area contributed by atoms with E-state index in [9.17, 15) is 14.7 Å². The second-order valence-corrected chi connectivity index (χ2v) is 4.49. The molecule has 2 atom stereocenters. The molecule has 0 saturated heterocycles. The zero-order valence-corrected chi connectivity index (χ0v) is 12.9. The van der Waals surface area contributed by atoms with Crippen LogP contribution in [0, 0.1) is 0 Å². The van der Waals surface area contributed by atoms with Crippen LogP contribution in [-0.4, -0.2) is 48.6 Å². The van der Waals surface area contributed by atoms with Gasteiger partial charge < -0.3 is 14.6 Å². The number of ether oxygens (including phenoxy) is 2. The molecule has 0 bridgehead atoms. The van der Waals surface area contributed by atoms with Crippen molar-refractivity contribution in [2.75, 3.05) is 14.2 Å². The Balaban J connectivity index is 2.71. The number of amides is 1. The zero-order chi connectivity index (χ0) is 16.5. The number of hydrogen-bond donors (Lipinski definition) is 1. The number of methoxy groups -OCH3 is 1. The maximum atomic E-state index is 12.1. The lowest BCUT2D eigenvalue weighted by atomic mass is 10.1. The summed E-state index contributed by atoms with van der Waals surface area (Å²) in [5.74, 6) is -0.843. The van der Waals surface area contributed by atoms with Crippen molar-refractivity contribution >= 4 is 12.1 Å². The Morgan fingerprint density at radius 2 is 1.86 bits per heavy atom. The van der Waals surface area contributed by atoms with Gasteiger partial charge in [-0.2, -0.15) is 5.06 Å². The van der Waals surface area contributed by atoms with Crippen LogP contribution in [0.1, 0.15) is 18.9 Å². The van der Waals surface area contributed by atoms with Crippen LogP contribution in [0.3, 0.4) is 0 Å². The van der Waals surface area contributed by atoms with Crippen molar-refractivity contribution < 1.29 is 29.0 Å². The van der Waals surface area contributed by atoms with E-state index in [1.807, 2.05) is 30.3 Å². The third-order valence-corrected chi connectivity index (χ3v) is 3.11. The van der Waals surface area contributed by atoms with Crippen LogP contribution in [0.25, 0.3) is 0 Å². The largest absolute Gasteiger partial charge is 0.467 e. The zero-order valence-electron chi connectivity index (χ0n) is 12.9. The molecule has 7 heteroatoms. The molecule has 1 aromatic rings. The average Bonchev–Trinajstić information content (AvgIpc) is 2.56. The fraction of sp³-hybridized carbons (Fsp3) is 0.467. The second-order valence-electron chi connectivity index (χ2n) is 4.49. The first-order valence-corrected chi connectivity index (χ1v) is 6.85. The highest BCUT2D eigenvalue weighted by Crippen LogP contribution is 2.13. The maximum Gasteiger partial charge on any atom is 0.434 e. The fourth-order valence-electron chi connectivity index (χ4n) is 1.92. The van der Waals surface area contributed by atoms with E-state index in [1.165, 1.54) is 7.11 Å². The Bertz CT molecular complexity index is 478.